The van der Waals surface area contributed by atoms with Crippen LogP contribution in [0.2, 0.25) is 0 Å². The summed E-state index contributed by atoms with van der Waals surface area (Å²) in [6.45, 7) is 5.97. The van der Waals surface area contributed by atoms with Gasteiger partial charge in [0.1, 0.15) is 0 Å². The topological polar surface area (TPSA) is 29.1 Å². The van der Waals surface area contributed by atoms with Crippen molar-refractivity contribution in [3.8, 4) is 0 Å². The monoisotopic (exact) mass is 217 g/mol. The Morgan fingerprint density at radius 3 is 2.57 bits per heavy atom. The van der Waals surface area contributed by atoms with Crippen molar-refractivity contribution in [1.82, 2.24) is 5.32 Å². The van der Waals surface area contributed by atoms with Crippen LogP contribution in [0.15, 0.2) is 0 Å². The molecule has 0 heterocycles. The van der Waals surface area contributed by atoms with Gasteiger partial charge in [-0.15, -0.1) is 0 Å². The van der Waals surface area contributed by atoms with Gasteiger partial charge in [-0.05, 0) is 18.6 Å². The van der Waals surface area contributed by atoms with Crippen molar-refractivity contribution in [3.63, 3.8) is 0 Å². The van der Waals surface area contributed by atoms with E-state index in [9.17, 15) is 4.79 Å². The average molecular weight is 217 g/mol. The second-order valence-electron chi connectivity index (χ2n) is 3.61. The van der Waals surface area contributed by atoms with Crippen molar-refractivity contribution < 1.29 is 4.79 Å². The first-order valence-corrected chi connectivity index (χ1v) is 6.71. The van der Waals surface area contributed by atoms with Gasteiger partial charge in [-0.3, -0.25) is 4.79 Å². The molecule has 0 spiro atoms. The number of nitrogens with one attached hydrogen (secondary N) is 1. The van der Waals surface area contributed by atoms with E-state index >= 15 is 0 Å². The SMILES string of the molecule is CCCCC(CSCCC)NC(C)=O. The number of carbonyl (C=O) groups is 1. The van der Waals surface area contributed by atoms with Crippen LogP contribution in [0.4, 0.5) is 0 Å². The van der Waals surface area contributed by atoms with Gasteiger partial charge in [0.05, 0.1) is 0 Å². The molecule has 0 aliphatic rings. The highest BCUT2D eigenvalue weighted by Crippen LogP contribution is 2.09. The van der Waals surface area contributed by atoms with Gasteiger partial charge in [-0.1, -0.05) is 26.7 Å². The van der Waals surface area contributed by atoms with Crippen LogP contribution >= 0.6 is 11.8 Å². The van der Waals surface area contributed by atoms with Crippen LogP contribution in [0.5, 0.6) is 0 Å². The Morgan fingerprint density at radius 2 is 2.07 bits per heavy atom. The first-order valence-electron chi connectivity index (χ1n) is 5.55. The third-order valence-electron chi connectivity index (χ3n) is 1.98. The summed E-state index contributed by atoms with van der Waals surface area (Å²) in [4.78, 5) is 10.9. The highest BCUT2D eigenvalue weighted by Gasteiger charge is 2.08. The molecule has 0 saturated heterocycles. The van der Waals surface area contributed by atoms with Crippen molar-refractivity contribution >= 4 is 17.7 Å². The molecule has 2 nitrogen and oxygen atoms in total. The Balaban J connectivity index is 3.66. The molecular formula is C11H23NOS. The van der Waals surface area contributed by atoms with Crippen molar-refractivity contribution in [2.24, 2.45) is 0 Å². The Labute approximate surface area is 92.2 Å². The molecule has 0 aliphatic carbocycles. The lowest BCUT2D eigenvalue weighted by atomic mass is 10.1. The molecule has 0 bridgehead atoms. The third kappa shape index (κ3) is 8.42. The van der Waals surface area contributed by atoms with E-state index in [1.165, 1.54) is 25.0 Å². The summed E-state index contributed by atoms with van der Waals surface area (Å²) < 4.78 is 0. The summed E-state index contributed by atoms with van der Waals surface area (Å²) in [5.74, 6) is 2.36. The van der Waals surface area contributed by atoms with E-state index < -0.39 is 0 Å². The van der Waals surface area contributed by atoms with Crippen LogP contribution in [0.3, 0.4) is 0 Å². The number of amides is 1. The normalized spacial score (nSPS) is 12.5. The summed E-state index contributed by atoms with van der Waals surface area (Å²) in [5, 5.41) is 3.01. The quantitative estimate of drug-likeness (QED) is 0.633. The molecule has 14 heavy (non-hydrogen) atoms. The zero-order valence-electron chi connectivity index (χ0n) is 9.64. The van der Waals surface area contributed by atoms with Crippen LogP contribution < -0.4 is 5.32 Å². The van der Waals surface area contributed by atoms with E-state index in [-0.39, 0.29) is 5.91 Å². The smallest absolute Gasteiger partial charge is 0.217 e. The molecular weight excluding hydrogens is 194 g/mol. The number of thioether (sulfide) groups is 1. The highest BCUT2D eigenvalue weighted by atomic mass is 32.2. The lowest BCUT2D eigenvalue weighted by Crippen LogP contribution is -2.35. The van der Waals surface area contributed by atoms with Gasteiger partial charge < -0.3 is 5.32 Å². The van der Waals surface area contributed by atoms with Crippen molar-refractivity contribution in [1.29, 1.82) is 0 Å². The predicted molar refractivity (Wildman–Crippen MR) is 64.7 cm³/mol. The second-order valence-corrected chi connectivity index (χ2v) is 4.76. The Morgan fingerprint density at radius 1 is 1.36 bits per heavy atom. The van der Waals surface area contributed by atoms with Gasteiger partial charge in [-0.25, -0.2) is 0 Å². The molecule has 1 atom stereocenters. The molecule has 0 radical (unpaired) electrons. The first kappa shape index (κ1) is 13.8. The molecule has 0 saturated carbocycles. The lowest BCUT2D eigenvalue weighted by molar-refractivity contribution is -0.119. The van der Waals surface area contributed by atoms with Gasteiger partial charge in [0.2, 0.25) is 5.91 Å². The van der Waals surface area contributed by atoms with E-state index in [0.717, 1.165) is 12.2 Å². The van der Waals surface area contributed by atoms with E-state index in [0.29, 0.717) is 6.04 Å². The summed E-state index contributed by atoms with van der Waals surface area (Å²) in [7, 11) is 0. The second kappa shape index (κ2) is 9.38. The number of carbonyl (C=O) groups excluding carboxylic acids is 1. The van der Waals surface area contributed by atoms with E-state index in [4.69, 9.17) is 0 Å². The maximum atomic E-state index is 10.9. The molecule has 0 fully saturated rings. The number of unbranched alkanes of at least 4 members (excludes halogenated alkanes) is 1. The van der Waals surface area contributed by atoms with Crippen molar-refractivity contribution in [3.05, 3.63) is 0 Å². The van der Waals surface area contributed by atoms with Crippen LogP contribution in [0, 0.1) is 0 Å². The number of hydrogen-bond donors (Lipinski definition) is 1. The predicted octanol–water partition coefficient (Wildman–Crippen LogP) is 2.82. The number of hydrogen-bond acceptors (Lipinski definition) is 2. The van der Waals surface area contributed by atoms with Gasteiger partial charge >= 0.3 is 0 Å². The first-order chi connectivity index (χ1) is 6.70. The van der Waals surface area contributed by atoms with Gasteiger partial charge in [0, 0.05) is 18.7 Å². The van der Waals surface area contributed by atoms with Crippen molar-refractivity contribution in [2.45, 2.75) is 52.5 Å². The van der Waals surface area contributed by atoms with E-state index in [1.54, 1.807) is 6.92 Å². The summed E-state index contributed by atoms with van der Waals surface area (Å²) in [5.41, 5.74) is 0. The molecule has 0 aromatic heterocycles. The fraction of sp³-hybridized carbons (Fsp3) is 0.909. The summed E-state index contributed by atoms with van der Waals surface area (Å²) >= 11 is 1.94. The number of rotatable bonds is 8. The standard InChI is InChI=1S/C11H23NOS/c1-4-6-7-11(12-10(3)13)9-14-8-5-2/h11H,4-9H2,1-3H3,(H,12,13). The molecule has 84 valence electrons. The molecule has 1 unspecified atom stereocenters. The Kier molecular flexibility index (Phi) is 9.26. The minimum absolute atomic E-state index is 0.100. The maximum Gasteiger partial charge on any atom is 0.217 e. The zero-order valence-corrected chi connectivity index (χ0v) is 10.5. The van der Waals surface area contributed by atoms with Crippen LogP contribution in [0.1, 0.15) is 46.5 Å². The minimum Gasteiger partial charge on any atom is -0.353 e. The van der Waals surface area contributed by atoms with Crippen LogP contribution in [0.25, 0.3) is 0 Å². The van der Waals surface area contributed by atoms with Gasteiger partial charge in [-0.2, -0.15) is 11.8 Å². The maximum absolute atomic E-state index is 10.9. The minimum atomic E-state index is 0.100. The Hall–Kier alpha value is -0.180. The molecule has 0 rings (SSSR count). The Bertz CT molecular complexity index is 150. The lowest BCUT2D eigenvalue weighted by Gasteiger charge is -2.16. The van der Waals surface area contributed by atoms with Crippen LogP contribution in [-0.2, 0) is 4.79 Å². The summed E-state index contributed by atoms with van der Waals surface area (Å²) in [6.07, 6.45) is 4.74. The molecule has 1 N–H and O–H groups in total. The van der Waals surface area contributed by atoms with Crippen molar-refractivity contribution in [2.75, 3.05) is 11.5 Å². The van der Waals surface area contributed by atoms with E-state index in [2.05, 4.69) is 19.2 Å². The average Bonchev–Trinajstić information content (AvgIpc) is 2.13. The highest BCUT2D eigenvalue weighted by molar-refractivity contribution is 7.99. The molecule has 0 aromatic rings. The fourth-order valence-corrected chi connectivity index (χ4v) is 2.29. The zero-order chi connectivity index (χ0) is 10.8. The third-order valence-corrected chi connectivity index (χ3v) is 3.32. The fourth-order valence-electron chi connectivity index (χ4n) is 1.31. The van der Waals surface area contributed by atoms with Gasteiger partial charge in [0.15, 0.2) is 0 Å². The summed E-state index contributed by atoms with van der Waals surface area (Å²) in [6, 6.07) is 0.379. The molecule has 0 aliphatic heterocycles. The largest absolute Gasteiger partial charge is 0.353 e. The molecule has 1 amide bonds. The van der Waals surface area contributed by atoms with Gasteiger partial charge in [0.25, 0.3) is 0 Å². The molecule has 0 aromatic carbocycles. The van der Waals surface area contributed by atoms with Crippen LogP contribution in [-0.4, -0.2) is 23.5 Å². The molecule has 3 heteroatoms. The van der Waals surface area contributed by atoms with E-state index in [1.807, 2.05) is 11.8 Å².